The number of fused-ring (bicyclic) bond motifs is 2. The minimum atomic E-state index is -5.08. The van der Waals surface area contributed by atoms with Crippen LogP contribution in [0.3, 0.4) is 0 Å². The third-order valence-electron chi connectivity index (χ3n) is 7.41. The molecule has 5 rings (SSSR count). The highest BCUT2D eigenvalue weighted by atomic mass is 79.9. The number of rotatable bonds is 6. The van der Waals surface area contributed by atoms with Crippen LogP contribution in [0.2, 0.25) is 0 Å². The average Bonchev–Trinajstić information content (AvgIpc) is 3.62. The number of aliphatic carboxylic acids is 1. The summed E-state index contributed by atoms with van der Waals surface area (Å²) in [5.41, 5.74) is -0.438. The molecular weight excluding hydrogens is 647 g/mol. The Morgan fingerprint density at radius 1 is 1.12 bits per heavy atom. The molecule has 0 bridgehead atoms. The molecule has 234 valence electrons. The smallest absolute Gasteiger partial charge is 0.475 e. The molecule has 2 saturated heterocycles. The molecular formula is C27H30BrF5N6O4. The van der Waals surface area contributed by atoms with E-state index in [4.69, 9.17) is 14.9 Å². The third kappa shape index (κ3) is 6.84. The van der Waals surface area contributed by atoms with E-state index >= 15 is 8.78 Å². The molecule has 0 unspecified atom stereocenters. The first-order valence-corrected chi connectivity index (χ1v) is 14.1. The van der Waals surface area contributed by atoms with Crippen LogP contribution in [0.5, 0.6) is 0 Å². The Morgan fingerprint density at radius 3 is 2.30 bits per heavy atom. The van der Waals surface area contributed by atoms with Gasteiger partial charge in [0.1, 0.15) is 0 Å². The lowest BCUT2D eigenvalue weighted by molar-refractivity contribution is -0.192. The summed E-state index contributed by atoms with van der Waals surface area (Å²) in [5, 5.41) is 10.6. The summed E-state index contributed by atoms with van der Waals surface area (Å²) in [7, 11) is 1.47. The highest BCUT2D eigenvalue weighted by Gasteiger charge is 2.39. The summed E-state index contributed by atoms with van der Waals surface area (Å²) in [5.74, 6) is -5.10. The van der Waals surface area contributed by atoms with E-state index in [0.717, 1.165) is 31.6 Å². The Bertz CT molecular complexity index is 1650. The second-order valence-corrected chi connectivity index (χ2v) is 11.7. The molecule has 1 aromatic carbocycles. The number of carboxylic acid groups (broad SMARTS) is 1. The van der Waals surface area contributed by atoms with Crippen molar-refractivity contribution in [3.05, 3.63) is 66.8 Å². The molecule has 4 heterocycles. The van der Waals surface area contributed by atoms with Gasteiger partial charge in [-0.2, -0.15) is 26.9 Å². The van der Waals surface area contributed by atoms with Gasteiger partial charge >= 0.3 is 17.8 Å². The summed E-state index contributed by atoms with van der Waals surface area (Å²) < 4.78 is 66.5. The van der Waals surface area contributed by atoms with Crippen LogP contribution in [0.1, 0.15) is 25.8 Å². The highest BCUT2D eigenvalue weighted by Crippen LogP contribution is 2.32. The summed E-state index contributed by atoms with van der Waals surface area (Å²) in [6, 6.07) is 5.94. The first-order chi connectivity index (χ1) is 20.0. The van der Waals surface area contributed by atoms with Crippen molar-refractivity contribution in [2.24, 2.45) is 13.0 Å². The number of benzene rings is 1. The van der Waals surface area contributed by atoms with Crippen molar-refractivity contribution >= 4 is 39.0 Å². The molecule has 0 saturated carbocycles. The van der Waals surface area contributed by atoms with Crippen LogP contribution in [0.25, 0.3) is 11.2 Å². The van der Waals surface area contributed by atoms with Gasteiger partial charge in [0.05, 0.1) is 6.54 Å². The van der Waals surface area contributed by atoms with Gasteiger partial charge in [0.15, 0.2) is 11.2 Å². The number of imidazole rings is 1. The second-order valence-electron chi connectivity index (χ2n) is 10.7. The quantitative estimate of drug-likeness (QED) is 0.301. The monoisotopic (exact) mass is 676 g/mol. The number of nitrogens with one attached hydrogen (secondary N) is 1. The fourth-order valence-electron chi connectivity index (χ4n) is 5.18. The van der Waals surface area contributed by atoms with Crippen LogP contribution in [-0.4, -0.2) is 61.6 Å². The van der Waals surface area contributed by atoms with Gasteiger partial charge in [-0.15, -0.1) is 0 Å². The van der Waals surface area contributed by atoms with E-state index in [1.807, 2.05) is 19.9 Å². The number of anilines is 1. The van der Waals surface area contributed by atoms with E-state index in [9.17, 15) is 22.8 Å². The number of halogens is 6. The minimum absolute atomic E-state index is 0.154. The maximum absolute atomic E-state index is 15.2. The van der Waals surface area contributed by atoms with Crippen molar-refractivity contribution < 1.29 is 31.9 Å². The summed E-state index contributed by atoms with van der Waals surface area (Å²) in [6.45, 7) is 5.72. The van der Waals surface area contributed by atoms with E-state index in [0.29, 0.717) is 33.5 Å². The number of carbonyl (C=O) groups is 1. The maximum atomic E-state index is 15.2. The van der Waals surface area contributed by atoms with E-state index < -0.39 is 35.9 Å². The van der Waals surface area contributed by atoms with Crippen molar-refractivity contribution in [2.45, 2.75) is 51.5 Å². The Hall–Kier alpha value is -3.53. The lowest BCUT2D eigenvalue weighted by Crippen LogP contribution is -2.43. The number of alkyl halides is 5. The SMILES string of the molecule is CC(C)=CCn1c(N2C[C@@H]3CCN[C@@H]3C2)nc2c1c(=O)n(CC(F)(F)c1ccc(Br)cc1)c(=O)n2C.O=C(O)C(F)(F)F. The van der Waals surface area contributed by atoms with E-state index in [1.54, 1.807) is 4.57 Å². The van der Waals surface area contributed by atoms with Crippen molar-refractivity contribution in [1.29, 1.82) is 0 Å². The molecule has 0 amide bonds. The molecule has 0 spiro atoms. The maximum Gasteiger partial charge on any atom is 0.490 e. The van der Waals surface area contributed by atoms with E-state index in [2.05, 4.69) is 26.1 Å². The molecule has 0 radical (unpaired) electrons. The number of aryl methyl sites for hydroxylation is 1. The number of carboxylic acids is 1. The molecule has 43 heavy (non-hydrogen) atoms. The van der Waals surface area contributed by atoms with Gasteiger partial charge in [-0.3, -0.25) is 13.9 Å². The largest absolute Gasteiger partial charge is 0.490 e. The summed E-state index contributed by atoms with van der Waals surface area (Å²) in [4.78, 5) is 42.5. The van der Waals surface area contributed by atoms with Gasteiger partial charge < -0.3 is 19.9 Å². The first-order valence-electron chi connectivity index (χ1n) is 13.3. The number of hydrogen-bond acceptors (Lipinski definition) is 6. The standard InChI is InChI=1S/C25H29BrF2N6O2.C2HF3O2/c1-15(2)9-11-33-20-21(30-23(33)32-12-16-8-10-29-19(16)13-32)31(3)24(36)34(22(20)35)14-25(27,28)17-4-6-18(26)7-5-17;3-2(4,5)1(6)7/h4-7,9,16,19,29H,8,10-14H2,1-3H3;(H,6,7)/t16-,19+;/m0./s1. The van der Waals surface area contributed by atoms with Crippen LogP contribution < -0.4 is 21.5 Å². The van der Waals surface area contributed by atoms with Crippen LogP contribution in [-0.2, 0) is 30.9 Å². The van der Waals surface area contributed by atoms with Gasteiger partial charge in [-0.25, -0.2) is 9.59 Å². The minimum Gasteiger partial charge on any atom is -0.475 e. The first kappa shape index (κ1) is 32.4. The normalized spacial score (nSPS) is 18.4. The third-order valence-corrected chi connectivity index (χ3v) is 7.93. The molecule has 2 fully saturated rings. The Morgan fingerprint density at radius 2 is 1.74 bits per heavy atom. The predicted molar refractivity (Wildman–Crippen MR) is 153 cm³/mol. The zero-order valence-corrected chi connectivity index (χ0v) is 25.0. The van der Waals surface area contributed by atoms with Crippen LogP contribution in [0.4, 0.5) is 27.9 Å². The number of nitrogens with zero attached hydrogens (tertiary/aromatic N) is 5. The van der Waals surface area contributed by atoms with Crippen LogP contribution in [0, 0.1) is 5.92 Å². The van der Waals surface area contributed by atoms with E-state index in [1.165, 1.54) is 35.9 Å². The van der Waals surface area contributed by atoms with Crippen molar-refractivity contribution in [3.63, 3.8) is 0 Å². The number of hydrogen-bond donors (Lipinski definition) is 2. The van der Waals surface area contributed by atoms with Crippen molar-refractivity contribution in [3.8, 4) is 0 Å². The lowest BCUT2D eigenvalue weighted by atomic mass is 10.1. The Balaban J connectivity index is 0.000000541. The van der Waals surface area contributed by atoms with Crippen LogP contribution in [0.15, 0.2) is 50.0 Å². The zero-order chi connectivity index (χ0) is 31.9. The van der Waals surface area contributed by atoms with Crippen molar-refractivity contribution in [2.75, 3.05) is 24.5 Å². The lowest BCUT2D eigenvalue weighted by Gasteiger charge is -2.20. The summed E-state index contributed by atoms with van der Waals surface area (Å²) >= 11 is 3.24. The second kappa shape index (κ2) is 12.2. The molecule has 16 heteroatoms. The number of aromatic nitrogens is 4. The van der Waals surface area contributed by atoms with Crippen LogP contribution >= 0.6 is 15.9 Å². The predicted octanol–water partition coefficient (Wildman–Crippen LogP) is 3.85. The fraction of sp³-hybridized carbons (Fsp3) is 0.481. The molecule has 2 aromatic heterocycles. The molecule has 2 aliphatic rings. The highest BCUT2D eigenvalue weighted by molar-refractivity contribution is 9.10. The van der Waals surface area contributed by atoms with Gasteiger partial charge in [0, 0.05) is 42.8 Å². The molecule has 0 aliphatic carbocycles. The van der Waals surface area contributed by atoms with Crippen molar-refractivity contribution in [1.82, 2.24) is 24.0 Å². The Kier molecular flexibility index (Phi) is 9.21. The molecule has 2 atom stereocenters. The Labute approximate surface area is 250 Å². The average molecular weight is 677 g/mol. The summed E-state index contributed by atoms with van der Waals surface area (Å²) in [6.07, 6.45) is -2.04. The fourth-order valence-corrected chi connectivity index (χ4v) is 5.45. The topological polar surface area (TPSA) is 114 Å². The molecule has 2 aliphatic heterocycles. The van der Waals surface area contributed by atoms with Gasteiger partial charge in [0.2, 0.25) is 5.95 Å². The van der Waals surface area contributed by atoms with Gasteiger partial charge in [-0.05, 0) is 44.9 Å². The molecule has 2 N–H and O–H groups in total. The van der Waals surface area contributed by atoms with Gasteiger partial charge in [0.25, 0.3) is 11.5 Å². The number of allylic oxidation sites excluding steroid dienone is 2. The van der Waals surface area contributed by atoms with Gasteiger partial charge in [-0.1, -0.05) is 39.7 Å². The molecule has 10 nitrogen and oxygen atoms in total. The van der Waals surface area contributed by atoms with E-state index in [-0.39, 0.29) is 16.7 Å². The molecule has 3 aromatic rings. The zero-order valence-electron chi connectivity index (χ0n) is 23.5.